The van der Waals surface area contributed by atoms with Gasteiger partial charge in [0.1, 0.15) is 0 Å². The van der Waals surface area contributed by atoms with Crippen molar-refractivity contribution in [1.29, 1.82) is 0 Å². The average molecular weight is 189 g/mol. The van der Waals surface area contributed by atoms with Crippen LogP contribution in [0.5, 0.6) is 0 Å². The first kappa shape index (κ1) is 9.38. The highest BCUT2D eigenvalue weighted by Crippen LogP contribution is 2.37. The second-order valence-electron chi connectivity index (χ2n) is 4.83. The molecule has 0 saturated heterocycles. The van der Waals surface area contributed by atoms with Crippen molar-refractivity contribution in [2.75, 3.05) is 0 Å². The minimum atomic E-state index is 0.280. The highest BCUT2D eigenvalue weighted by atomic mass is 16.1. The molecule has 14 heavy (non-hydrogen) atoms. The lowest BCUT2D eigenvalue weighted by Gasteiger charge is -2.33. The van der Waals surface area contributed by atoms with Crippen LogP contribution in [0, 0.1) is 5.41 Å². The standard InChI is InChI=1S/C12H15NO/c1-12(2)4-3-10-5-9(8-14)7-13-11(10)6-12/h3,5,7-8,11H,4,6H2,1-2H3. The van der Waals surface area contributed by atoms with Crippen molar-refractivity contribution < 1.29 is 4.79 Å². The van der Waals surface area contributed by atoms with Gasteiger partial charge in [-0.05, 0) is 29.9 Å². The van der Waals surface area contributed by atoms with Gasteiger partial charge >= 0.3 is 0 Å². The van der Waals surface area contributed by atoms with Gasteiger partial charge in [-0.1, -0.05) is 19.9 Å². The zero-order chi connectivity index (χ0) is 10.2. The number of dihydropyridines is 1. The molecule has 0 fully saturated rings. The summed E-state index contributed by atoms with van der Waals surface area (Å²) in [5, 5.41) is 0. The van der Waals surface area contributed by atoms with Gasteiger partial charge in [0.2, 0.25) is 0 Å². The summed E-state index contributed by atoms with van der Waals surface area (Å²) >= 11 is 0. The lowest BCUT2D eigenvalue weighted by atomic mass is 9.75. The number of rotatable bonds is 1. The van der Waals surface area contributed by atoms with Crippen LogP contribution in [0.15, 0.2) is 28.3 Å². The molecule has 0 aromatic carbocycles. The summed E-state index contributed by atoms with van der Waals surface area (Å²) in [5.41, 5.74) is 2.25. The molecular weight excluding hydrogens is 174 g/mol. The predicted molar refractivity (Wildman–Crippen MR) is 57.5 cm³/mol. The Bertz CT molecular complexity index is 347. The Morgan fingerprint density at radius 3 is 3.07 bits per heavy atom. The normalized spacial score (nSPS) is 28.9. The number of hydrogen-bond donors (Lipinski definition) is 0. The molecule has 2 aliphatic rings. The molecule has 0 aromatic heterocycles. The van der Waals surface area contributed by atoms with Crippen molar-refractivity contribution in [1.82, 2.24) is 0 Å². The quantitative estimate of drug-likeness (QED) is 0.582. The van der Waals surface area contributed by atoms with Crippen LogP contribution in [0.25, 0.3) is 0 Å². The van der Waals surface area contributed by atoms with E-state index in [1.54, 1.807) is 6.21 Å². The summed E-state index contributed by atoms with van der Waals surface area (Å²) in [4.78, 5) is 15.0. The Balaban J connectivity index is 2.28. The van der Waals surface area contributed by atoms with Crippen molar-refractivity contribution in [2.24, 2.45) is 10.4 Å². The van der Waals surface area contributed by atoms with Crippen LogP contribution in [0.1, 0.15) is 26.7 Å². The molecule has 0 radical (unpaired) electrons. The van der Waals surface area contributed by atoms with Gasteiger partial charge in [-0.25, -0.2) is 0 Å². The number of fused-ring (bicyclic) bond motifs is 1. The van der Waals surface area contributed by atoms with E-state index in [0.29, 0.717) is 11.0 Å². The van der Waals surface area contributed by atoms with Crippen molar-refractivity contribution in [3.63, 3.8) is 0 Å². The SMILES string of the molecule is CC1(C)CC=C2C=C(C=O)C=NC2C1. The molecule has 1 aliphatic heterocycles. The van der Waals surface area contributed by atoms with Gasteiger partial charge in [0.15, 0.2) is 6.29 Å². The number of allylic oxidation sites excluding steroid dienone is 2. The second-order valence-corrected chi connectivity index (χ2v) is 4.83. The molecular formula is C12H15NO. The molecule has 2 nitrogen and oxygen atoms in total. The molecule has 0 N–H and O–H groups in total. The highest BCUT2D eigenvalue weighted by Gasteiger charge is 2.29. The number of carbonyl (C=O) groups is 1. The van der Waals surface area contributed by atoms with E-state index in [1.807, 2.05) is 6.08 Å². The predicted octanol–water partition coefficient (Wildman–Crippen LogP) is 2.31. The van der Waals surface area contributed by atoms with Gasteiger partial charge in [-0.2, -0.15) is 0 Å². The molecule has 74 valence electrons. The van der Waals surface area contributed by atoms with Gasteiger partial charge < -0.3 is 0 Å². The van der Waals surface area contributed by atoms with Crippen molar-refractivity contribution >= 4 is 12.5 Å². The van der Waals surface area contributed by atoms with E-state index in [-0.39, 0.29) is 6.04 Å². The minimum absolute atomic E-state index is 0.280. The Morgan fingerprint density at radius 1 is 1.57 bits per heavy atom. The van der Waals surface area contributed by atoms with Crippen LogP contribution >= 0.6 is 0 Å². The number of aldehydes is 1. The largest absolute Gasteiger partial charge is 0.298 e. The minimum Gasteiger partial charge on any atom is -0.298 e. The maximum absolute atomic E-state index is 10.6. The molecule has 2 heteroatoms. The summed E-state index contributed by atoms with van der Waals surface area (Å²) in [7, 11) is 0. The number of hydrogen-bond acceptors (Lipinski definition) is 2. The lowest BCUT2D eigenvalue weighted by molar-refractivity contribution is -0.104. The average Bonchev–Trinajstić information content (AvgIpc) is 2.16. The van der Waals surface area contributed by atoms with E-state index in [2.05, 4.69) is 24.9 Å². The topological polar surface area (TPSA) is 29.4 Å². The fourth-order valence-corrected chi connectivity index (χ4v) is 2.02. The first-order valence-corrected chi connectivity index (χ1v) is 5.01. The molecule has 1 unspecified atom stereocenters. The monoisotopic (exact) mass is 189 g/mol. The van der Waals surface area contributed by atoms with Crippen LogP contribution in [0.2, 0.25) is 0 Å². The zero-order valence-corrected chi connectivity index (χ0v) is 8.66. The molecule has 0 aromatic rings. The van der Waals surface area contributed by atoms with E-state index in [0.717, 1.165) is 19.1 Å². The number of carbonyl (C=O) groups excluding carboxylic acids is 1. The highest BCUT2D eigenvalue weighted by molar-refractivity contribution is 6.03. The van der Waals surface area contributed by atoms with E-state index in [9.17, 15) is 4.79 Å². The molecule has 1 atom stereocenters. The molecule has 0 bridgehead atoms. The van der Waals surface area contributed by atoms with E-state index < -0.39 is 0 Å². The van der Waals surface area contributed by atoms with Gasteiger partial charge in [0.05, 0.1) is 6.04 Å². The molecule has 2 rings (SSSR count). The third-order valence-electron chi connectivity index (χ3n) is 2.89. The van der Waals surface area contributed by atoms with Crippen LogP contribution in [0.4, 0.5) is 0 Å². The van der Waals surface area contributed by atoms with Crippen LogP contribution in [-0.4, -0.2) is 18.5 Å². The lowest BCUT2D eigenvalue weighted by Crippen LogP contribution is -2.26. The van der Waals surface area contributed by atoms with Crippen LogP contribution in [-0.2, 0) is 4.79 Å². The Hall–Kier alpha value is -1.18. The van der Waals surface area contributed by atoms with Gasteiger partial charge in [0.25, 0.3) is 0 Å². The van der Waals surface area contributed by atoms with Crippen LogP contribution < -0.4 is 0 Å². The maximum Gasteiger partial charge on any atom is 0.151 e. The molecule has 0 spiro atoms. The van der Waals surface area contributed by atoms with Crippen molar-refractivity contribution in [3.8, 4) is 0 Å². The Kier molecular flexibility index (Phi) is 2.14. The third-order valence-corrected chi connectivity index (χ3v) is 2.89. The smallest absolute Gasteiger partial charge is 0.151 e. The van der Waals surface area contributed by atoms with Gasteiger partial charge in [0, 0.05) is 11.8 Å². The van der Waals surface area contributed by atoms with Gasteiger partial charge in [-0.15, -0.1) is 0 Å². The van der Waals surface area contributed by atoms with E-state index in [4.69, 9.17) is 0 Å². The maximum atomic E-state index is 10.6. The first-order chi connectivity index (χ1) is 6.61. The number of nitrogens with zero attached hydrogens (tertiary/aromatic N) is 1. The van der Waals surface area contributed by atoms with E-state index >= 15 is 0 Å². The van der Waals surface area contributed by atoms with Gasteiger partial charge in [-0.3, -0.25) is 9.79 Å². The summed E-state index contributed by atoms with van der Waals surface area (Å²) in [6.45, 7) is 4.52. The Labute approximate surface area is 84.4 Å². The Morgan fingerprint density at radius 2 is 2.36 bits per heavy atom. The first-order valence-electron chi connectivity index (χ1n) is 5.01. The molecule has 1 heterocycles. The molecule has 1 aliphatic carbocycles. The van der Waals surface area contributed by atoms with Crippen LogP contribution in [0.3, 0.4) is 0 Å². The summed E-state index contributed by atoms with van der Waals surface area (Å²) < 4.78 is 0. The van der Waals surface area contributed by atoms with Crippen molar-refractivity contribution in [3.05, 3.63) is 23.3 Å². The zero-order valence-electron chi connectivity index (χ0n) is 8.66. The molecule has 0 saturated carbocycles. The number of aliphatic imine (C=N–C) groups is 1. The third kappa shape index (κ3) is 1.69. The summed E-state index contributed by atoms with van der Waals surface area (Å²) in [5.74, 6) is 0. The van der Waals surface area contributed by atoms with E-state index in [1.165, 1.54) is 5.57 Å². The fraction of sp³-hybridized carbons (Fsp3) is 0.500. The van der Waals surface area contributed by atoms with Crippen molar-refractivity contribution in [2.45, 2.75) is 32.7 Å². The summed E-state index contributed by atoms with van der Waals surface area (Å²) in [6.07, 6.45) is 8.89. The fourth-order valence-electron chi connectivity index (χ4n) is 2.02. The molecule has 0 amide bonds. The second kappa shape index (κ2) is 3.19. The summed E-state index contributed by atoms with van der Waals surface area (Å²) in [6, 6.07) is 0.280.